The lowest BCUT2D eigenvalue weighted by Crippen LogP contribution is -2.29. The van der Waals surface area contributed by atoms with E-state index in [2.05, 4.69) is 10.6 Å². The number of amides is 3. The number of rotatable bonds is 4. The second-order valence-electron chi connectivity index (χ2n) is 6.71. The van der Waals surface area contributed by atoms with Crippen molar-refractivity contribution in [2.45, 2.75) is 20.4 Å². The summed E-state index contributed by atoms with van der Waals surface area (Å²) in [5, 5.41) is 6.75. The summed E-state index contributed by atoms with van der Waals surface area (Å²) >= 11 is 0. The summed E-state index contributed by atoms with van der Waals surface area (Å²) in [6, 6.07) is 13.1. The first-order chi connectivity index (χ1) is 13.0. The van der Waals surface area contributed by atoms with E-state index < -0.39 is 0 Å². The zero-order chi connectivity index (χ0) is 19.0. The fourth-order valence-corrected chi connectivity index (χ4v) is 3.40. The highest BCUT2D eigenvalue weighted by Crippen LogP contribution is 2.25. The third-order valence-electron chi connectivity index (χ3n) is 4.97. The van der Waals surface area contributed by atoms with Gasteiger partial charge >= 0.3 is 6.03 Å². The van der Waals surface area contributed by atoms with Crippen molar-refractivity contribution in [3.05, 3.63) is 64.9 Å². The molecule has 3 amide bonds. The van der Waals surface area contributed by atoms with Gasteiger partial charge < -0.3 is 15.1 Å². The summed E-state index contributed by atoms with van der Waals surface area (Å²) in [4.78, 5) is 26.2. The average Bonchev–Trinajstić information content (AvgIpc) is 3.24. The summed E-state index contributed by atoms with van der Waals surface area (Å²) in [6.45, 7) is 5.44. The van der Waals surface area contributed by atoms with Crippen molar-refractivity contribution in [2.24, 2.45) is 0 Å². The first-order valence-electron chi connectivity index (χ1n) is 8.96. The van der Waals surface area contributed by atoms with Gasteiger partial charge in [0.15, 0.2) is 0 Å². The molecular weight excluding hydrogens is 342 g/mol. The largest absolute Gasteiger partial charge is 0.459 e. The van der Waals surface area contributed by atoms with Crippen LogP contribution in [0.4, 0.5) is 10.5 Å². The quantitative estimate of drug-likeness (QED) is 0.745. The molecule has 6 nitrogen and oxygen atoms in total. The van der Waals surface area contributed by atoms with Gasteiger partial charge in [-0.25, -0.2) is 4.79 Å². The number of fused-ring (bicyclic) bond motifs is 1. The molecule has 0 radical (unpaired) electrons. The summed E-state index contributed by atoms with van der Waals surface area (Å²) in [7, 11) is 0. The third kappa shape index (κ3) is 3.14. The molecule has 138 valence electrons. The lowest BCUT2D eigenvalue weighted by atomic mass is 10.1. The molecule has 3 aromatic rings. The molecule has 2 N–H and O–H groups in total. The summed E-state index contributed by atoms with van der Waals surface area (Å²) in [6.07, 6.45) is 0. The smallest absolute Gasteiger partial charge is 0.322 e. The van der Waals surface area contributed by atoms with E-state index in [0.29, 0.717) is 25.2 Å². The van der Waals surface area contributed by atoms with Gasteiger partial charge in [-0.1, -0.05) is 24.3 Å². The Labute approximate surface area is 157 Å². The molecule has 0 spiro atoms. The summed E-state index contributed by atoms with van der Waals surface area (Å²) in [5.74, 6) is 0.548. The maximum atomic E-state index is 12.6. The maximum absolute atomic E-state index is 12.6. The van der Waals surface area contributed by atoms with E-state index in [-0.39, 0.29) is 11.9 Å². The number of hydrogen-bond donors (Lipinski definition) is 2. The molecule has 1 aromatic heterocycles. The van der Waals surface area contributed by atoms with Crippen molar-refractivity contribution in [3.8, 4) is 0 Å². The Morgan fingerprint density at radius 1 is 1.22 bits per heavy atom. The van der Waals surface area contributed by atoms with Crippen molar-refractivity contribution in [1.29, 1.82) is 0 Å². The van der Waals surface area contributed by atoms with Crippen LogP contribution in [-0.2, 0) is 6.54 Å². The van der Waals surface area contributed by atoms with E-state index in [0.717, 1.165) is 33.5 Å². The van der Waals surface area contributed by atoms with Gasteiger partial charge in [0, 0.05) is 35.3 Å². The molecule has 0 atom stereocenters. The van der Waals surface area contributed by atoms with Gasteiger partial charge in [-0.3, -0.25) is 9.69 Å². The molecule has 0 aliphatic carbocycles. The number of carbonyl (C=O) groups excluding carboxylic acids is 2. The standard InChI is InChI=1S/C21H21N3O3/c1-13-7-8-15(11-17(13)24-10-9-22-21(24)26)20(25)23-12-19-14(2)16-5-3-4-6-18(16)27-19/h3-8,11H,9-10,12H2,1-2H3,(H,22,26)(H,23,25). The van der Waals surface area contributed by atoms with Crippen LogP contribution in [0, 0.1) is 13.8 Å². The first-order valence-corrected chi connectivity index (χ1v) is 8.96. The zero-order valence-electron chi connectivity index (χ0n) is 15.3. The molecule has 27 heavy (non-hydrogen) atoms. The average molecular weight is 363 g/mol. The predicted molar refractivity (Wildman–Crippen MR) is 104 cm³/mol. The Bertz CT molecular complexity index is 1040. The van der Waals surface area contributed by atoms with Crippen LogP contribution < -0.4 is 15.5 Å². The predicted octanol–water partition coefficient (Wildman–Crippen LogP) is 3.51. The minimum Gasteiger partial charge on any atom is -0.459 e. The van der Waals surface area contributed by atoms with Crippen LogP contribution >= 0.6 is 0 Å². The maximum Gasteiger partial charge on any atom is 0.322 e. The van der Waals surface area contributed by atoms with Crippen LogP contribution in [0.2, 0.25) is 0 Å². The molecule has 0 bridgehead atoms. The molecule has 4 rings (SSSR count). The van der Waals surface area contributed by atoms with Crippen molar-refractivity contribution in [2.75, 3.05) is 18.0 Å². The van der Waals surface area contributed by atoms with Gasteiger partial charge in [0.05, 0.1) is 6.54 Å². The summed E-state index contributed by atoms with van der Waals surface area (Å²) < 4.78 is 5.85. The first kappa shape index (κ1) is 17.1. The van der Waals surface area contributed by atoms with E-state index in [9.17, 15) is 9.59 Å². The van der Waals surface area contributed by atoms with Crippen molar-refractivity contribution < 1.29 is 14.0 Å². The third-order valence-corrected chi connectivity index (χ3v) is 4.97. The molecular formula is C21H21N3O3. The molecule has 0 unspecified atom stereocenters. The second kappa shape index (κ2) is 6.79. The number of hydrogen-bond acceptors (Lipinski definition) is 3. The Balaban J connectivity index is 1.53. The highest BCUT2D eigenvalue weighted by molar-refractivity contribution is 5.99. The number of benzene rings is 2. The van der Waals surface area contributed by atoms with Gasteiger partial charge in [-0.15, -0.1) is 0 Å². The molecule has 0 saturated carbocycles. The molecule has 1 aliphatic rings. The molecule has 2 aromatic carbocycles. The highest BCUT2D eigenvalue weighted by Gasteiger charge is 2.23. The number of carbonyl (C=O) groups is 2. The number of para-hydroxylation sites is 1. The summed E-state index contributed by atoms with van der Waals surface area (Å²) in [5.41, 5.74) is 4.08. The van der Waals surface area contributed by atoms with Crippen molar-refractivity contribution in [1.82, 2.24) is 10.6 Å². The second-order valence-corrected chi connectivity index (χ2v) is 6.71. The van der Waals surface area contributed by atoms with Gasteiger partial charge in [-0.2, -0.15) is 0 Å². The van der Waals surface area contributed by atoms with Gasteiger partial charge in [-0.05, 0) is 37.6 Å². The minimum absolute atomic E-state index is 0.131. The monoisotopic (exact) mass is 363 g/mol. The zero-order valence-corrected chi connectivity index (χ0v) is 15.3. The number of urea groups is 1. The molecule has 2 heterocycles. The lowest BCUT2D eigenvalue weighted by Gasteiger charge is -2.18. The van der Waals surface area contributed by atoms with E-state index in [1.807, 2.05) is 44.2 Å². The van der Waals surface area contributed by atoms with Crippen LogP contribution in [-0.4, -0.2) is 25.0 Å². The lowest BCUT2D eigenvalue weighted by molar-refractivity contribution is 0.0948. The van der Waals surface area contributed by atoms with Crippen molar-refractivity contribution in [3.63, 3.8) is 0 Å². The molecule has 1 aliphatic heterocycles. The van der Waals surface area contributed by atoms with Gasteiger partial charge in [0.2, 0.25) is 0 Å². The van der Waals surface area contributed by atoms with E-state index in [1.165, 1.54) is 0 Å². The number of anilines is 1. The fraction of sp³-hybridized carbons (Fsp3) is 0.238. The number of aryl methyl sites for hydroxylation is 2. The Morgan fingerprint density at radius 2 is 2.04 bits per heavy atom. The molecule has 1 fully saturated rings. The Kier molecular flexibility index (Phi) is 4.32. The van der Waals surface area contributed by atoms with E-state index in [4.69, 9.17) is 4.42 Å². The van der Waals surface area contributed by atoms with Crippen LogP contribution in [0.15, 0.2) is 46.9 Å². The fourth-order valence-electron chi connectivity index (χ4n) is 3.40. The number of nitrogens with one attached hydrogen (secondary N) is 2. The SMILES string of the molecule is Cc1ccc(C(=O)NCc2oc3ccccc3c2C)cc1N1CCNC1=O. The van der Waals surface area contributed by atoms with Crippen molar-refractivity contribution >= 4 is 28.6 Å². The molecule has 1 saturated heterocycles. The van der Waals surface area contributed by atoms with Crippen LogP contribution in [0.25, 0.3) is 11.0 Å². The van der Waals surface area contributed by atoms with E-state index in [1.54, 1.807) is 17.0 Å². The van der Waals surface area contributed by atoms with Gasteiger partial charge in [0.25, 0.3) is 5.91 Å². The van der Waals surface area contributed by atoms with E-state index >= 15 is 0 Å². The normalized spacial score (nSPS) is 13.9. The molecule has 6 heteroatoms. The van der Waals surface area contributed by atoms with Crippen LogP contribution in [0.3, 0.4) is 0 Å². The number of furan rings is 1. The van der Waals surface area contributed by atoms with Crippen LogP contribution in [0.1, 0.15) is 27.2 Å². The Hall–Kier alpha value is -3.28. The Morgan fingerprint density at radius 3 is 2.78 bits per heavy atom. The van der Waals surface area contributed by atoms with Gasteiger partial charge in [0.1, 0.15) is 11.3 Å². The number of nitrogens with zero attached hydrogens (tertiary/aromatic N) is 1. The highest BCUT2D eigenvalue weighted by atomic mass is 16.3. The topological polar surface area (TPSA) is 74.6 Å². The minimum atomic E-state index is -0.198. The van der Waals surface area contributed by atoms with Crippen LogP contribution in [0.5, 0.6) is 0 Å².